The average Bonchev–Trinajstić information content (AvgIpc) is 3.10. The summed E-state index contributed by atoms with van der Waals surface area (Å²) in [5.74, 6) is -2.04. The van der Waals surface area contributed by atoms with Crippen LogP contribution >= 0.6 is 0 Å². The molecule has 0 heterocycles. The maximum absolute atomic E-state index is 12.5. The number of hydrogen-bond donors (Lipinski definition) is 2. The molecule has 4 atom stereocenters. The maximum Gasteiger partial charge on any atom is 0.326 e. The molecule has 0 spiro atoms. The molecule has 0 radical (unpaired) electrons. The number of ether oxygens (including phenoxy) is 1. The van der Waals surface area contributed by atoms with Gasteiger partial charge >= 0.3 is 11.9 Å². The highest BCUT2D eigenvalue weighted by molar-refractivity contribution is 5.86. The van der Waals surface area contributed by atoms with E-state index in [9.17, 15) is 14.7 Å². The van der Waals surface area contributed by atoms with Crippen molar-refractivity contribution in [2.24, 2.45) is 23.5 Å². The number of aliphatic carboxylic acids is 1. The lowest BCUT2D eigenvalue weighted by Crippen LogP contribution is -2.50. The number of carboxylic acids is 1. The van der Waals surface area contributed by atoms with Crippen LogP contribution in [0.5, 0.6) is 0 Å². The summed E-state index contributed by atoms with van der Waals surface area (Å²) in [5, 5.41) is 9.17. The first-order chi connectivity index (χ1) is 10.8. The van der Waals surface area contributed by atoms with Crippen LogP contribution < -0.4 is 5.73 Å². The van der Waals surface area contributed by atoms with Gasteiger partial charge < -0.3 is 15.6 Å². The predicted molar refractivity (Wildman–Crippen MR) is 84.7 cm³/mol. The number of carbonyl (C=O) groups is 2. The third-order valence-corrected chi connectivity index (χ3v) is 5.51. The van der Waals surface area contributed by atoms with E-state index in [1.54, 1.807) is 0 Å². The fraction of sp³-hybridized carbons (Fsp3) is 0.556. The first kappa shape index (κ1) is 16.0. The SMILES string of the molecule is Cc1cc(C)c(COC(=O)C2(N)CCC3C(C(=O)O)C32)c(C)c1. The first-order valence-electron chi connectivity index (χ1n) is 8.01. The minimum Gasteiger partial charge on any atom is -0.481 e. The number of carbonyl (C=O) groups excluding carboxylic acids is 1. The summed E-state index contributed by atoms with van der Waals surface area (Å²) in [5.41, 5.74) is 9.44. The van der Waals surface area contributed by atoms with Gasteiger partial charge in [-0.3, -0.25) is 9.59 Å². The highest BCUT2D eigenvalue weighted by atomic mass is 16.5. The maximum atomic E-state index is 12.5. The van der Waals surface area contributed by atoms with E-state index >= 15 is 0 Å². The molecule has 0 amide bonds. The number of esters is 1. The molecule has 0 bridgehead atoms. The van der Waals surface area contributed by atoms with E-state index in [4.69, 9.17) is 10.5 Å². The number of benzene rings is 1. The van der Waals surface area contributed by atoms with E-state index < -0.39 is 23.4 Å². The molecule has 0 saturated heterocycles. The van der Waals surface area contributed by atoms with Crippen molar-refractivity contribution in [3.05, 3.63) is 34.4 Å². The van der Waals surface area contributed by atoms with Gasteiger partial charge in [-0.25, -0.2) is 0 Å². The average molecular weight is 317 g/mol. The Morgan fingerprint density at radius 3 is 2.43 bits per heavy atom. The Kier molecular flexibility index (Phi) is 3.71. The second-order valence-corrected chi connectivity index (χ2v) is 7.09. The largest absolute Gasteiger partial charge is 0.481 e. The van der Waals surface area contributed by atoms with Crippen molar-refractivity contribution in [2.45, 2.75) is 45.8 Å². The van der Waals surface area contributed by atoms with Crippen molar-refractivity contribution in [2.75, 3.05) is 0 Å². The summed E-state index contributed by atoms with van der Waals surface area (Å²) in [6.07, 6.45) is 1.20. The summed E-state index contributed by atoms with van der Waals surface area (Å²) in [6.45, 7) is 6.20. The molecule has 23 heavy (non-hydrogen) atoms. The number of fused-ring (bicyclic) bond motifs is 1. The molecular weight excluding hydrogens is 294 g/mol. The second-order valence-electron chi connectivity index (χ2n) is 7.09. The van der Waals surface area contributed by atoms with Crippen LogP contribution in [0.4, 0.5) is 0 Å². The Balaban J connectivity index is 1.70. The first-order valence-corrected chi connectivity index (χ1v) is 8.01. The zero-order valence-corrected chi connectivity index (χ0v) is 13.8. The Morgan fingerprint density at radius 1 is 1.30 bits per heavy atom. The Bertz CT molecular complexity index is 661. The third-order valence-electron chi connectivity index (χ3n) is 5.51. The molecule has 5 nitrogen and oxygen atoms in total. The van der Waals surface area contributed by atoms with Crippen LogP contribution in [-0.4, -0.2) is 22.6 Å². The zero-order valence-electron chi connectivity index (χ0n) is 13.8. The van der Waals surface area contributed by atoms with Crippen LogP contribution in [0.15, 0.2) is 12.1 Å². The number of nitrogens with two attached hydrogens (primary N) is 1. The lowest BCUT2D eigenvalue weighted by atomic mass is 9.91. The molecule has 1 aromatic carbocycles. The van der Waals surface area contributed by atoms with E-state index in [0.29, 0.717) is 12.8 Å². The number of carboxylic acid groups (broad SMARTS) is 1. The topological polar surface area (TPSA) is 89.6 Å². The van der Waals surface area contributed by atoms with Crippen molar-refractivity contribution in [3.63, 3.8) is 0 Å². The molecule has 5 heteroatoms. The molecule has 2 fully saturated rings. The van der Waals surface area contributed by atoms with Crippen molar-refractivity contribution in [1.29, 1.82) is 0 Å². The highest BCUT2D eigenvalue weighted by Crippen LogP contribution is 2.61. The lowest BCUT2D eigenvalue weighted by molar-refractivity contribution is -0.153. The van der Waals surface area contributed by atoms with Gasteiger partial charge in [0.25, 0.3) is 0 Å². The fourth-order valence-corrected chi connectivity index (χ4v) is 4.29. The van der Waals surface area contributed by atoms with Gasteiger partial charge in [-0.2, -0.15) is 0 Å². The zero-order chi connectivity index (χ0) is 16.9. The summed E-state index contributed by atoms with van der Waals surface area (Å²) in [7, 11) is 0. The number of aryl methyl sites for hydroxylation is 3. The lowest BCUT2D eigenvalue weighted by Gasteiger charge is -2.25. The van der Waals surface area contributed by atoms with Gasteiger partial charge in [-0.05, 0) is 56.2 Å². The van der Waals surface area contributed by atoms with Crippen LogP contribution in [0.25, 0.3) is 0 Å². The van der Waals surface area contributed by atoms with E-state index in [2.05, 4.69) is 12.1 Å². The molecular formula is C18H23NO4. The number of hydrogen-bond acceptors (Lipinski definition) is 4. The van der Waals surface area contributed by atoms with Crippen molar-refractivity contribution in [1.82, 2.24) is 0 Å². The predicted octanol–water partition coefficient (Wildman–Crippen LogP) is 2.09. The van der Waals surface area contributed by atoms with E-state index in [1.807, 2.05) is 20.8 Å². The monoisotopic (exact) mass is 317 g/mol. The quantitative estimate of drug-likeness (QED) is 0.830. The number of rotatable bonds is 4. The molecule has 124 valence electrons. The van der Waals surface area contributed by atoms with E-state index in [-0.39, 0.29) is 18.4 Å². The van der Waals surface area contributed by atoms with Gasteiger partial charge in [-0.15, -0.1) is 0 Å². The summed E-state index contributed by atoms with van der Waals surface area (Å²) >= 11 is 0. The van der Waals surface area contributed by atoms with Crippen LogP contribution in [0.3, 0.4) is 0 Å². The van der Waals surface area contributed by atoms with Gasteiger partial charge in [-0.1, -0.05) is 17.7 Å². The molecule has 1 aromatic rings. The molecule has 3 N–H and O–H groups in total. The molecule has 0 aromatic heterocycles. The summed E-state index contributed by atoms with van der Waals surface area (Å²) in [6, 6.07) is 4.11. The van der Waals surface area contributed by atoms with Crippen molar-refractivity contribution in [3.8, 4) is 0 Å². The van der Waals surface area contributed by atoms with E-state index in [0.717, 1.165) is 16.7 Å². The molecule has 2 aliphatic rings. The molecule has 2 saturated carbocycles. The molecule has 4 unspecified atom stereocenters. The summed E-state index contributed by atoms with van der Waals surface area (Å²) < 4.78 is 5.48. The standard InChI is InChI=1S/C18H23NO4/c1-9-6-10(2)13(11(3)7-9)8-23-17(22)18(19)5-4-12-14(15(12)18)16(20)21/h6-7,12,14-15H,4-5,8,19H2,1-3H3,(H,20,21). The van der Waals surface area contributed by atoms with Gasteiger partial charge in [0.05, 0.1) is 5.92 Å². The second kappa shape index (κ2) is 5.34. The van der Waals surface area contributed by atoms with Gasteiger partial charge in [0, 0.05) is 5.92 Å². The smallest absolute Gasteiger partial charge is 0.326 e. The Labute approximate surface area is 135 Å². The fourth-order valence-electron chi connectivity index (χ4n) is 4.29. The van der Waals surface area contributed by atoms with Crippen LogP contribution in [0, 0.1) is 38.5 Å². The van der Waals surface area contributed by atoms with Gasteiger partial charge in [0.15, 0.2) is 0 Å². The van der Waals surface area contributed by atoms with Crippen molar-refractivity contribution >= 4 is 11.9 Å². The highest BCUT2D eigenvalue weighted by Gasteiger charge is 2.70. The molecule has 0 aliphatic heterocycles. The van der Waals surface area contributed by atoms with Gasteiger partial charge in [0.1, 0.15) is 12.1 Å². The summed E-state index contributed by atoms with van der Waals surface area (Å²) in [4.78, 5) is 23.7. The Hall–Kier alpha value is -1.88. The van der Waals surface area contributed by atoms with Crippen LogP contribution in [0.2, 0.25) is 0 Å². The minimum absolute atomic E-state index is 0.0351. The van der Waals surface area contributed by atoms with Gasteiger partial charge in [0.2, 0.25) is 0 Å². The third kappa shape index (κ3) is 2.53. The van der Waals surface area contributed by atoms with Crippen LogP contribution in [-0.2, 0) is 20.9 Å². The van der Waals surface area contributed by atoms with Crippen molar-refractivity contribution < 1.29 is 19.4 Å². The minimum atomic E-state index is -1.14. The van der Waals surface area contributed by atoms with Crippen LogP contribution in [0.1, 0.15) is 35.1 Å². The molecule has 2 aliphatic carbocycles. The van der Waals surface area contributed by atoms with E-state index in [1.165, 1.54) is 5.56 Å². The Morgan fingerprint density at radius 2 is 1.91 bits per heavy atom. The normalized spacial score (nSPS) is 31.6. The molecule has 3 rings (SSSR count).